The van der Waals surface area contributed by atoms with E-state index < -0.39 is 11.6 Å². The molecule has 1 amide bonds. The molecule has 0 saturated carbocycles. The topological polar surface area (TPSA) is 59.0 Å². The van der Waals surface area contributed by atoms with Gasteiger partial charge in [0.2, 0.25) is 0 Å². The quantitative estimate of drug-likeness (QED) is 0.810. The second-order valence-electron chi connectivity index (χ2n) is 8.08. The van der Waals surface area contributed by atoms with E-state index in [1.54, 1.807) is 12.3 Å². The molecule has 0 radical (unpaired) electrons. The zero-order chi connectivity index (χ0) is 19.8. The van der Waals surface area contributed by atoms with Crippen molar-refractivity contribution in [2.24, 2.45) is 0 Å². The van der Waals surface area contributed by atoms with Crippen LogP contribution in [0.5, 0.6) is 0 Å². The molecule has 154 valence electrons. The summed E-state index contributed by atoms with van der Waals surface area (Å²) in [6, 6.07) is 3.75. The van der Waals surface area contributed by atoms with E-state index >= 15 is 0 Å². The average Bonchev–Trinajstić information content (AvgIpc) is 3.00. The number of aromatic nitrogens is 2. The van der Waals surface area contributed by atoms with Crippen molar-refractivity contribution in [2.75, 3.05) is 13.1 Å². The third kappa shape index (κ3) is 4.52. The Morgan fingerprint density at radius 3 is 2.61 bits per heavy atom. The molecular formula is C20H27ClF2N4O. The summed E-state index contributed by atoms with van der Waals surface area (Å²) in [5, 5.41) is 10.7. The summed E-state index contributed by atoms with van der Waals surface area (Å²) in [5.74, 6) is -2.01. The van der Waals surface area contributed by atoms with Crippen LogP contribution in [0.3, 0.4) is 0 Å². The van der Waals surface area contributed by atoms with Crippen LogP contribution < -0.4 is 10.6 Å². The summed E-state index contributed by atoms with van der Waals surface area (Å²) in [6.07, 6.45) is 2.31. The van der Waals surface area contributed by atoms with Crippen LogP contribution in [0.1, 0.15) is 54.7 Å². The lowest BCUT2D eigenvalue weighted by molar-refractivity contribution is 0.0923. The van der Waals surface area contributed by atoms with E-state index in [1.165, 1.54) is 6.07 Å². The molecule has 2 aromatic rings. The number of amides is 1. The number of hydrogen-bond donors (Lipinski definition) is 2. The van der Waals surface area contributed by atoms with Gasteiger partial charge in [0, 0.05) is 24.2 Å². The van der Waals surface area contributed by atoms with Crippen molar-refractivity contribution in [3.63, 3.8) is 0 Å². The second-order valence-corrected chi connectivity index (χ2v) is 8.08. The van der Waals surface area contributed by atoms with Gasteiger partial charge in [-0.3, -0.25) is 9.48 Å². The van der Waals surface area contributed by atoms with Gasteiger partial charge in [-0.15, -0.1) is 12.4 Å². The highest BCUT2D eigenvalue weighted by molar-refractivity contribution is 5.95. The molecule has 1 fully saturated rings. The maximum absolute atomic E-state index is 13.7. The predicted molar refractivity (Wildman–Crippen MR) is 107 cm³/mol. The average molecular weight is 413 g/mol. The molecule has 5 nitrogen and oxygen atoms in total. The zero-order valence-corrected chi connectivity index (χ0v) is 17.4. The van der Waals surface area contributed by atoms with Crippen LogP contribution in [0, 0.1) is 18.6 Å². The summed E-state index contributed by atoms with van der Waals surface area (Å²) in [4.78, 5) is 12.8. The number of hydrogen-bond acceptors (Lipinski definition) is 3. The number of nitrogens with one attached hydrogen (secondary N) is 2. The highest BCUT2D eigenvalue weighted by atomic mass is 35.5. The Kier molecular flexibility index (Phi) is 6.83. The van der Waals surface area contributed by atoms with E-state index in [-0.39, 0.29) is 35.8 Å². The number of carbonyl (C=O) groups is 1. The van der Waals surface area contributed by atoms with E-state index in [9.17, 15) is 13.6 Å². The van der Waals surface area contributed by atoms with E-state index in [0.717, 1.165) is 24.7 Å². The Bertz CT molecular complexity index is 847. The molecule has 2 N–H and O–H groups in total. The summed E-state index contributed by atoms with van der Waals surface area (Å²) < 4.78 is 28.8. The fourth-order valence-electron chi connectivity index (χ4n) is 3.71. The molecule has 1 aromatic heterocycles. The molecule has 0 aliphatic carbocycles. The van der Waals surface area contributed by atoms with Gasteiger partial charge in [0.15, 0.2) is 11.6 Å². The van der Waals surface area contributed by atoms with Crippen LogP contribution >= 0.6 is 12.4 Å². The van der Waals surface area contributed by atoms with Crippen molar-refractivity contribution in [3.05, 3.63) is 52.9 Å². The van der Waals surface area contributed by atoms with Crippen LogP contribution in [-0.4, -0.2) is 34.8 Å². The van der Waals surface area contributed by atoms with Crippen molar-refractivity contribution >= 4 is 18.3 Å². The van der Waals surface area contributed by atoms with E-state index in [2.05, 4.69) is 15.7 Å². The van der Waals surface area contributed by atoms with Crippen molar-refractivity contribution in [3.8, 4) is 0 Å². The van der Waals surface area contributed by atoms with Crippen LogP contribution in [0.25, 0.3) is 0 Å². The predicted octanol–water partition coefficient (Wildman–Crippen LogP) is 3.52. The lowest BCUT2D eigenvalue weighted by atomic mass is 9.86. The first kappa shape index (κ1) is 22.3. The minimum Gasteiger partial charge on any atom is -0.347 e. The summed E-state index contributed by atoms with van der Waals surface area (Å²) in [7, 11) is 0. The maximum atomic E-state index is 13.7. The molecule has 2 heterocycles. The molecule has 0 spiro atoms. The van der Waals surface area contributed by atoms with Crippen LogP contribution in [0.2, 0.25) is 0 Å². The molecule has 0 bridgehead atoms. The summed E-state index contributed by atoms with van der Waals surface area (Å²) >= 11 is 0. The maximum Gasteiger partial charge on any atom is 0.255 e. The number of halogens is 3. The van der Waals surface area contributed by atoms with E-state index in [0.29, 0.717) is 17.7 Å². The lowest BCUT2D eigenvalue weighted by Gasteiger charge is -2.33. The SMILES string of the molecule is Cc1c(C(=O)NC2CNCCC2c2ccc(F)c(F)c2)cnn1C(C)(C)C.Cl. The smallest absolute Gasteiger partial charge is 0.255 e. The standard InChI is InChI=1S/C20H26F2N4O.ClH/c1-12-15(10-24-26(12)20(2,3)4)19(27)25-18-11-23-8-7-14(18)13-5-6-16(21)17(22)9-13;/h5-6,9-10,14,18,23H,7-8,11H2,1-4H3,(H,25,27);1H. The van der Waals surface area contributed by atoms with Gasteiger partial charge < -0.3 is 10.6 Å². The largest absolute Gasteiger partial charge is 0.347 e. The summed E-state index contributed by atoms with van der Waals surface area (Å²) in [6.45, 7) is 9.29. The molecule has 1 aliphatic heterocycles. The molecule has 28 heavy (non-hydrogen) atoms. The monoisotopic (exact) mass is 412 g/mol. The van der Waals surface area contributed by atoms with Gasteiger partial charge in [0.1, 0.15) is 0 Å². The van der Waals surface area contributed by atoms with E-state index in [1.807, 2.05) is 32.4 Å². The van der Waals surface area contributed by atoms with Gasteiger partial charge in [-0.1, -0.05) is 6.07 Å². The fraction of sp³-hybridized carbons (Fsp3) is 0.500. The Labute approximate surface area is 170 Å². The Balaban J connectivity index is 0.00000280. The normalized spacial score (nSPS) is 19.8. The zero-order valence-electron chi connectivity index (χ0n) is 16.6. The van der Waals surface area contributed by atoms with Crippen molar-refractivity contribution < 1.29 is 13.6 Å². The molecule has 3 rings (SSSR count). The molecule has 2 unspecified atom stereocenters. The summed E-state index contributed by atoms with van der Waals surface area (Å²) in [5.41, 5.74) is 1.80. The van der Waals surface area contributed by atoms with Gasteiger partial charge in [-0.25, -0.2) is 8.78 Å². The number of nitrogens with zero attached hydrogens (tertiary/aromatic N) is 2. The number of benzene rings is 1. The fourth-order valence-corrected chi connectivity index (χ4v) is 3.71. The molecule has 1 saturated heterocycles. The van der Waals surface area contributed by atoms with E-state index in [4.69, 9.17) is 0 Å². The van der Waals surface area contributed by atoms with Crippen molar-refractivity contribution in [2.45, 2.75) is 51.6 Å². The van der Waals surface area contributed by atoms with Crippen LogP contribution in [0.4, 0.5) is 8.78 Å². The van der Waals surface area contributed by atoms with Gasteiger partial charge in [0.25, 0.3) is 5.91 Å². The number of piperidine rings is 1. The van der Waals surface area contributed by atoms with Gasteiger partial charge in [-0.2, -0.15) is 5.10 Å². The molecule has 1 aliphatic rings. The third-order valence-corrected chi connectivity index (χ3v) is 5.06. The highest BCUT2D eigenvalue weighted by Gasteiger charge is 2.30. The molecular weight excluding hydrogens is 386 g/mol. The first-order valence-electron chi connectivity index (χ1n) is 9.20. The van der Waals surface area contributed by atoms with Crippen molar-refractivity contribution in [1.29, 1.82) is 0 Å². The minimum atomic E-state index is -0.863. The van der Waals surface area contributed by atoms with Crippen molar-refractivity contribution in [1.82, 2.24) is 20.4 Å². The third-order valence-electron chi connectivity index (χ3n) is 5.06. The van der Waals surface area contributed by atoms with Crippen LogP contribution in [-0.2, 0) is 5.54 Å². The first-order chi connectivity index (χ1) is 12.7. The minimum absolute atomic E-state index is 0. The van der Waals surface area contributed by atoms with Crippen LogP contribution in [0.15, 0.2) is 24.4 Å². The Morgan fingerprint density at radius 1 is 1.29 bits per heavy atom. The second kappa shape index (κ2) is 8.57. The lowest BCUT2D eigenvalue weighted by Crippen LogP contribution is -2.50. The van der Waals surface area contributed by atoms with Gasteiger partial charge in [0.05, 0.1) is 17.3 Å². The number of carbonyl (C=O) groups excluding carboxylic acids is 1. The Hall–Kier alpha value is -1.99. The highest BCUT2D eigenvalue weighted by Crippen LogP contribution is 2.27. The Morgan fingerprint density at radius 2 is 2.00 bits per heavy atom. The number of rotatable bonds is 3. The molecule has 1 aromatic carbocycles. The molecule has 2 atom stereocenters. The molecule has 8 heteroatoms. The first-order valence-corrected chi connectivity index (χ1v) is 9.20. The van der Waals surface area contributed by atoms with Gasteiger partial charge in [-0.05, 0) is 58.4 Å². The van der Waals surface area contributed by atoms with Gasteiger partial charge >= 0.3 is 0 Å².